The molecule has 1 aliphatic heterocycles. The van der Waals surface area contributed by atoms with Gasteiger partial charge >= 0.3 is 0 Å². The van der Waals surface area contributed by atoms with Gasteiger partial charge in [0.15, 0.2) is 11.6 Å². The number of nitrogens with zero attached hydrogens (tertiary/aromatic N) is 4. The molecule has 0 unspecified atom stereocenters. The van der Waals surface area contributed by atoms with Crippen LogP contribution in [0.1, 0.15) is 36.8 Å². The van der Waals surface area contributed by atoms with E-state index in [1.807, 2.05) is 25.4 Å². The molecule has 27 heavy (non-hydrogen) atoms. The number of hydrogen-bond donors (Lipinski definition) is 2. The maximum Gasteiger partial charge on any atom is 0.211 e. The number of sulfonamides is 1. The lowest BCUT2D eigenvalue weighted by Crippen LogP contribution is -2.44. The molecular formula is C17H28N6O3S. The molecule has 2 aromatic rings. The second kappa shape index (κ2) is 7.61. The Balaban J connectivity index is 1.93. The number of aryl methyl sites for hydroxylation is 2. The molecule has 0 bridgehead atoms. The van der Waals surface area contributed by atoms with E-state index in [0.29, 0.717) is 37.6 Å². The van der Waals surface area contributed by atoms with Crippen LogP contribution < -0.4 is 11.2 Å². The summed E-state index contributed by atoms with van der Waals surface area (Å²) >= 11 is 0. The number of nitrogens with two attached hydrogens (primary N) is 1. The highest BCUT2D eigenvalue weighted by molar-refractivity contribution is 7.88. The summed E-state index contributed by atoms with van der Waals surface area (Å²) in [6.45, 7) is 7.82. The summed E-state index contributed by atoms with van der Waals surface area (Å²) in [5.74, 6) is 1.14. The lowest BCUT2D eigenvalue weighted by atomic mass is 10.1. The molecule has 0 amide bonds. The minimum Gasteiger partial charge on any atom is -0.382 e. The van der Waals surface area contributed by atoms with Gasteiger partial charge in [0.25, 0.3) is 0 Å². The fourth-order valence-electron chi connectivity index (χ4n) is 3.41. The normalized spacial score (nSPS) is 16.9. The number of imidazole rings is 1. The van der Waals surface area contributed by atoms with Crippen LogP contribution in [0.15, 0.2) is 0 Å². The summed E-state index contributed by atoms with van der Waals surface area (Å²) < 4.78 is 32.5. The topological polar surface area (TPSA) is 115 Å². The zero-order valence-corrected chi connectivity index (χ0v) is 17.1. The third kappa shape index (κ3) is 4.02. The van der Waals surface area contributed by atoms with Crippen molar-refractivity contribution in [2.24, 2.45) is 0 Å². The van der Waals surface area contributed by atoms with Gasteiger partial charge in [0.2, 0.25) is 10.0 Å². The summed E-state index contributed by atoms with van der Waals surface area (Å²) in [4.78, 5) is 9.03. The number of aromatic nitrogens is 3. The Morgan fingerprint density at radius 3 is 2.52 bits per heavy atom. The van der Waals surface area contributed by atoms with Gasteiger partial charge in [-0.1, -0.05) is 0 Å². The first-order valence-corrected chi connectivity index (χ1v) is 11.0. The van der Waals surface area contributed by atoms with Crippen molar-refractivity contribution in [1.29, 1.82) is 0 Å². The molecule has 3 N–H and O–H groups in total. The summed E-state index contributed by atoms with van der Waals surface area (Å²) in [7, 11) is -3.14. The Morgan fingerprint density at radius 1 is 1.26 bits per heavy atom. The Morgan fingerprint density at radius 2 is 1.93 bits per heavy atom. The molecule has 1 fully saturated rings. The molecule has 0 atom stereocenters. The van der Waals surface area contributed by atoms with Gasteiger partial charge in [0.05, 0.1) is 11.8 Å². The van der Waals surface area contributed by atoms with Crippen LogP contribution in [-0.4, -0.2) is 59.4 Å². The molecule has 0 aliphatic carbocycles. The van der Waals surface area contributed by atoms with E-state index in [9.17, 15) is 8.42 Å². The number of nitrogen functional groups attached to an aromatic ring is 1. The van der Waals surface area contributed by atoms with E-state index in [-0.39, 0.29) is 6.04 Å². The average molecular weight is 397 g/mol. The van der Waals surface area contributed by atoms with E-state index in [4.69, 9.17) is 10.5 Å². The number of nitrogens with one attached hydrogen (secondary N) is 1. The summed E-state index contributed by atoms with van der Waals surface area (Å²) in [5, 5.41) is 0. The van der Waals surface area contributed by atoms with Gasteiger partial charge in [-0.3, -0.25) is 0 Å². The number of piperidine rings is 1. The zero-order chi connectivity index (χ0) is 19.8. The summed E-state index contributed by atoms with van der Waals surface area (Å²) in [5.41, 5.74) is 13.1. The van der Waals surface area contributed by atoms with E-state index in [1.54, 1.807) is 0 Å². The van der Waals surface area contributed by atoms with Crippen molar-refractivity contribution < 1.29 is 13.2 Å². The highest BCUT2D eigenvalue weighted by Gasteiger charge is 2.26. The molecular weight excluding hydrogens is 368 g/mol. The highest BCUT2D eigenvalue weighted by atomic mass is 32.2. The molecule has 10 heteroatoms. The largest absolute Gasteiger partial charge is 0.382 e. The lowest BCUT2D eigenvalue weighted by Gasteiger charge is -2.32. The minimum atomic E-state index is -3.14. The second-order valence-corrected chi connectivity index (χ2v) is 8.95. The molecule has 150 valence electrons. The van der Waals surface area contributed by atoms with Crippen molar-refractivity contribution in [2.45, 2.75) is 46.3 Å². The van der Waals surface area contributed by atoms with Crippen LogP contribution in [0.2, 0.25) is 0 Å². The maximum absolute atomic E-state index is 11.7. The molecule has 2 aromatic heterocycles. The van der Waals surface area contributed by atoms with Crippen molar-refractivity contribution in [2.75, 3.05) is 37.1 Å². The van der Waals surface area contributed by atoms with Crippen LogP contribution >= 0.6 is 0 Å². The van der Waals surface area contributed by atoms with E-state index >= 15 is 0 Å². The number of ether oxygens (including phenoxy) is 1. The number of pyridine rings is 1. The van der Waals surface area contributed by atoms with Crippen LogP contribution in [-0.2, 0) is 21.4 Å². The standard InChI is InChI=1S/C17H28N6O3S/c1-5-26-10-14-20-15-16(11(2)12(3)19-17(15)18)23(14)21-13-6-8-22(9-7-13)27(4,24)25/h13,21H,5-10H2,1-4H3,(H2,18,19). The van der Waals surface area contributed by atoms with Gasteiger partial charge < -0.3 is 15.9 Å². The second-order valence-electron chi connectivity index (χ2n) is 6.97. The number of anilines is 1. The molecule has 1 aliphatic rings. The maximum atomic E-state index is 11.7. The Hall–Kier alpha value is -1.91. The SMILES string of the molecule is CCOCc1nc2c(N)nc(C)c(C)c2n1NC1CCN(S(C)(=O)=O)CC1. The fraction of sp³-hybridized carbons (Fsp3) is 0.647. The van der Waals surface area contributed by atoms with E-state index in [2.05, 4.69) is 15.4 Å². The van der Waals surface area contributed by atoms with Crippen molar-refractivity contribution in [1.82, 2.24) is 18.9 Å². The van der Waals surface area contributed by atoms with Crippen LogP contribution in [0, 0.1) is 13.8 Å². The van der Waals surface area contributed by atoms with Crippen molar-refractivity contribution in [3.05, 3.63) is 17.1 Å². The highest BCUT2D eigenvalue weighted by Crippen LogP contribution is 2.26. The third-order valence-corrected chi connectivity index (χ3v) is 6.35. The van der Waals surface area contributed by atoms with Crippen LogP contribution in [0.4, 0.5) is 5.82 Å². The van der Waals surface area contributed by atoms with Gasteiger partial charge in [-0.05, 0) is 39.2 Å². The van der Waals surface area contributed by atoms with Gasteiger partial charge in [-0.25, -0.2) is 27.4 Å². The quantitative estimate of drug-likeness (QED) is 0.752. The first-order chi connectivity index (χ1) is 12.7. The predicted molar refractivity (Wildman–Crippen MR) is 106 cm³/mol. The van der Waals surface area contributed by atoms with Gasteiger partial charge in [0, 0.05) is 31.4 Å². The predicted octanol–water partition coefficient (Wildman–Crippen LogP) is 1.13. The van der Waals surface area contributed by atoms with E-state index in [1.165, 1.54) is 10.6 Å². The summed E-state index contributed by atoms with van der Waals surface area (Å²) in [6.07, 6.45) is 2.70. The molecule has 9 nitrogen and oxygen atoms in total. The molecule has 3 rings (SSSR count). The molecule has 0 aromatic carbocycles. The molecule has 1 saturated heterocycles. The Kier molecular flexibility index (Phi) is 5.59. The molecule has 0 saturated carbocycles. The van der Waals surface area contributed by atoms with E-state index in [0.717, 1.165) is 35.4 Å². The fourth-order valence-corrected chi connectivity index (χ4v) is 4.28. The van der Waals surface area contributed by atoms with Crippen LogP contribution in [0.25, 0.3) is 11.0 Å². The Labute approximate surface area is 159 Å². The smallest absolute Gasteiger partial charge is 0.211 e. The van der Waals surface area contributed by atoms with Gasteiger partial charge in [0.1, 0.15) is 12.1 Å². The van der Waals surface area contributed by atoms with Crippen molar-refractivity contribution in [3.63, 3.8) is 0 Å². The average Bonchev–Trinajstić information content (AvgIpc) is 2.97. The summed E-state index contributed by atoms with van der Waals surface area (Å²) in [6, 6.07) is 0.134. The first-order valence-electron chi connectivity index (χ1n) is 9.15. The number of fused-ring (bicyclic) bond motifs is 1. The van der Waals surface area contributed by atoms with Crippen molar-refractivity contribution in [3.8, 4) is 0 Å². The van der Waals surface area contributed by atoms with Gasteiger partial charge in [-0.2, -0.15) is 0 Å². The third-order valence-electron chi connectivity index (χ3n) is 5.05. The number of hydrogen-bond acceptors (Lipinski definition) is 7. The van der Waals surface area contributed by atoms with Gasteiger partial charge in [-0.15, -0.1) is 0 Å². The van der Waals surface area contributed by atoms with Crippen molar-refractivity contribution >= 4 is 26.9 Å². The number of rotatable bonds is 6. The first kappa shape index (κ1) is 19.8. The lowest BCUT2D eigenvalue weighted by molar-refractivity contribution is 0.126. The van der Waals surface area contributed by atoms with Crippen LogP contribution in [0.5, 0.6) is 0 Å². The zero-order valence-electron chi connectivity index (χ0n) is 16.3. The van der Waals surface area contributed by atoms with Crippen LogP contribution in [0.3, 0.4) is 0 Å². The monoisotopic (exact) mass is 396 g/mol. The van der Waals surface area contributed by atoms with E-state index < -0.39 is 10.0 Å². The molecule has 0 spiro atoms. The Bertz CT molecular complexity index is 932. The minimum absolute atomic E-state index is 0.134. The molecule has 0 radical (unpaired) electrons. The molecule has 3 heterocycles.